The Labute approximate surface area is 169 Å². The highest BCUT2D eigenvalue weighted by atomic mass is 32.2. The van der Waals surface area contributed by atoms with Gasteiger partial charge in [-0.15, -0.1) is 0 Å². The summed E-state index contributed by atoms with van der Waals surface area (Å²) in [7, 11) is -1.82. The van der Waals surface area contributed by atoms with Gasteiger partial charge in [-0.3, -0.25) is 4.79 Å². The molecule has 0 bridgehead atoms. The lowest BCUT2D eigenvalue weighted by Gasteiger charge is -2.27. The van der Waals surface area contributed by atoms with Gasteiger partial charge in [-0.2, -0.15) is 0 Å². The maximum absolute atomic E-state index is 12.8. The topological polar surface area (TPSA) is 90.0 Å². The molecule has 0 saturated heterocycles. The molecule has 8 heteroatoms. The molecule has 29 heavy (non-hydrogen) atoms. The van der Waals surface area contributed by atoms with Crippen molar-refractivity contribution in [2.24, 2.45) is 0 Å². The van der Waals surface area contributed by atoms with Crippen molar-refractivity contribution < 1.29 is 27.5 Å². The van der Waals surface area contributed by atoms with E-state index in [0.29, 0.717) is 5.75 Å². The number of esters is 1. The Bertz CT molecular complexity index is 999. The van der Waals surface area contributed by atoms with Gasteiger partial charge in [-0.1, -0.05) is 30.3 Å². The van der Waals surface area contributed by atoms with Crippen molar-refractivity contribution in [2.75, 3.05) is 19.5 Å². The number of carbonyl (C=O) groups is 2. The highest BCUT2D eigenvalue weighted by Crippen LogP contribution is 2.18. The number of amides is 1. The van der Waals surface area contributed by atoms with Gasteiger partial charge in [0.2, 0.25) is 0 Å². The average molecular weight is 415 g/mol. The van der Waals surface area contributed by atoms with Gasteiger partial charge in [0.25, 0.3) is 5.91 Å². The normalized spacial score (nSPS) is 16.9. The van der Waals surface area contributed by atoms with Gasteiger partial charge in [-0.25, -0.2) is 13.2 Å². The van der Waals surface area contributed by atoms with Crippen LogP contribution >= 0.6 is 0 Å². The second-order valence-electron chi connectivity index (χ2n) is 6.54. The molecule has 3 rings (SSSR count). The van der Waals surface area contributed by atoms with Crippen molar-refractivity contribution in [3.63, 3.8) is 0 Å². The monoisotopic (exact) mass is 415 g/mol. The van der Waals surface area contributed by atoms with Gasteiger partial charge in [0, 0.05) is 12.0 Å². The Morgan fingerprint density at radius 2 is 1.76 bits per heavy atom. The summed E-state index contributed by atoms with van der Waals surface area (Å²) in [5, 5.41) is 1.12. The van der Waals surface area contributed by atoms with Crippen LogP contribution in [0.1, 0.15) is 15.9 Å². The number of benzene rings is 2. The Kier molecular flexibility index (Phi) is 6.33. The van der Waals surface area contributed by atoms with E-state index in [9.17, 15) is 18.0 Å². The zero-order valence-electron chi connectivity index (χ0n) is 15.9. The molecule has 0 saturated carbocycles. The SMILES string of the molecule is COc1ccc(C(=O)OCC(=O)N(Cc2ccccc2)[C@H]2C=CS(=O)(=O)C2)cc1. The third kappa shape index (κ3) is 5.45. The molecule has 1 aliphatic rings. The number of ether oxygens (including phenoxy) is 2. The highest BCUT2D eigenvalue weighted by Gasteiger charge is 2.30. The number of carbonyl (C=O) groups excluding carboxylic acids is 2. The van der Waals surface area contributed by atoms with Crippen LogP contribution in [-0.4, -0.2) is 50.7 Å². The van der Waals surface area contributed by atoms with Crippen LogP contribution in [0.5, 0.6) is 5.75 Å². The van der Waals surface area contributed by atoms with E-state index in [0.717, 1.165) is 11.0 Å². The Hall–Kier alpha value is -3.13. The molecular formula is C21H21NO6S. The number of methoxy groups -OCH3 is 1. The van der Waals surface area contributed by atoms with E-state index < -0.39 is 34.4 Å². The fraction of sp³-hybridized carbons (Fsp3) is 0.238. The maximum Gasteiger partial charge on any atom is 0.338 e. The van der Waals surface area contributed by atoms with Crippen LogP contribution in [0, 0.1) is 0 Å². The number of nitrogens with zero attached hydrogens (tertiary/aromatic N) is 1. The number of hydrogen-bond donors (Lipinski definition) is 0. The van der Waals surface area contributed by atoms with Crippen LogP contribution < -0.4 is 4.74 Å². The fourth-order valence-corrected chi connectivity index (χ4v) is 4.24. The van der Waals surface area contributed by atoms with Crippen molar-refractivity contribution in [1.29, 1.82) is 0 Å². The van der Waals surface area contributed by atoms with E-state index in [4.69, 9.17) is 9.47 Å². The Morgan fingerprint density at radius 1 is 1.07 bits per heavy atom. The van der Waals surface area contributed by atoms with Crippen LogP contribution in [0.3, 0.4) is 0 Å². The van der Waals surface area contributed by atoms with Crippen molar-refractivity contribution in [2.45, 2.75) is 12.6 Å². The van der Waals surface area contributed by atoms with Crippen molar-refractivity contribution >= 4 is 21.7 Å². The van der Waals surface area contributed by atoms with Gasteiger partial charge in [0.05, 0.1) is 24.5 Å². The molecule has 1 amide bonds. The molecule has 1 heterocycles. The van der Waals surface area contributed by atoms with Gasteiger partial charge >= 0.3 is 5.97 Å². The molecule has 0 unspecified atom stereocenters. The smallest absolute Gasteiger partial charge is 0.338 e. The molecule has 152 valence electrons. The highest BCUT2D eigenvalue weighted by molar-refractivity contribution is 7.94. The van der Waals surface area contributed by atoms with Crippen molar-refractivity contribution in [1.82, 2.24) is 4.90 Å². The van der Waals surface area contributed by atoms with E-state index in [1.165, 1.54) is 18.1 Å². The van der Waals surface area contributed by atoms with Crippen LogP contribution in [0.2, 0.25) is 0 Å². The molecule has 1 aliphatic heterocycles. The summed E-state index contributed by atoms with van der Waals surface area (Å²) >= 11 is 0. The molecule has 0 aliphatic carbocycles. The van der Waals surface area contributed by atoms with Gasteiger partial charge in [-0.05, 0) is 35.9 Å². The summed E-state index contributed by atoms with van der Waals surface area (Å²) in [6.07, 6.45) is 1.49. The lowest BCUT2D eigenvalue weighted by Crippen LogP contribution is -2.42. The molecule has 0 radical (unpaired) electrons. The first kappa shape index (κ1) is 20.6. The zero-order valence-corrected chi connectivity index (χ0v) is 16.7. The van der Waals surface area contributed by atoms with Gasteiger partial charge < -0.3 is 14.4 Å². The number of sulfone groups is 1. The van der Waals surface area contributed by atoms with E-state index in [-0.39, 0.29) is 17.9 Å². The predicted octanol–water partition coefficient (Wildman–Crippen LogP) is 2.19. The quantitative estimate of drug-likeness (QED) is 0.644. The van der Waals surface area contributed by atoms with E-state index in [2.05, 4.69) is 0 Å². The summed E-state index contributed by atoms with van der Waals surface area (Å²) in [6, 6.07) is 14.9. The molecule has 2 aromatic rings. The lowest BCUT2D eigenvalue weighted by atomic mass is 10.1. The molecule has 0 N–H and O–H groups in total. The number of hydrogen-bond acceptors (Lipinski definition) is 6. The van der Waals surface area contributed by atoms with Crippen molar-refractivity contribution in [3.05, 3.63) is 77.2 Å². The molecule has 0 spiro atoms. The minimum absolute atomic E-state index is 0.183. The summed E-state index contributed by atoms with van der Waals surface area (Å²) in [6.45, 7) is -0.271. The summed E-state index contributed by atoms with van der Waals surface area (Å²) in [5.74, 6) is -0.698. The van der Waals surface area contributed by atoms with Crippen LogP contribution in [0.25, 0.3) is 0 Å². The second-order valence-corrected chi connectivity index (χ2v) is 8.47. The van der Waals surface area contributed by atoms with Crippen LogP contribution in [-0.2, 0) is 25.9 Å². The molecule has 0 aromatic heterocycles. The predicted molar refractivity (Wildman–Crippen MR) is 107 cm³/mol. The Morgan fingerprint density at radius 3 is 2.34 bits per heavy atom. The maximum atomic E-state index is 12.8. The first-order valence-electron chi connectivity index (χ1n) is 8.93. The minimum atomic E-state index is -3.34. The first-order valence-corrected chi connectivity index (χ1v) is 10.6. The molecule has 1 atom stereocenters. The molecule has 0 fully saturated rings. The average Bonchev–Trinajstić information content (AvgIpc) is 3.10. The summed E-state index contributed by atoms with van der Waals surface area (Å²) < 4.78 is 33.8. The Balaban J connectivity index is 1.68. The van der Waals surface area contributed by atoms with E-state index in [1.807, 2.05) is 30.3 Å². The fourth-order valence-electron chi connectivity index (χ4n) is 2.94. The minimum Gasteiger partial charge on any atom is -0.497 e. The third-order valence-electron chi connectivity index (χ3n) is 4.48. The van der Waals surface area contributed by atoms with Crippen LogP contribution in [0.4, 0.5) is 0 Å². The molecule has 7 nitrogen and oxygen atoms in total. The lowest BCUT2D eigenvalue weighted by molar-refractivity contribution is -0.136. The van der Waals surface area contributed by atoms with E-state index >= 15 is 0 Å². The standard InChI is InChI=1S/C21H21NO6S/c1-27-19-9-7-17(8-10-19)21(24)28-14-20(23)22(13-16-5-3-2-4-6-16)18-11-12-29(25,26)15-18/h2-12,18H,13-15H2,1H3/t18-/m0/s1. The largest absolute Gasteiger partial charge is 0.497 e. The van der Waals surface area contributed by atoms with Gasteiger partial charge in [0.1, 0.15) is 5.75 Å². The summed E-state index contributed by atoms with van der Waals surface area (Å²) in [5.41, 5.74) is 1.14. The zero-order chi connectivity index (χ0) is 20.9. The number of rotatable bonds is 7. The van der Waals surface area contributed by atoms with Crippen LogP contribution in [0.15, 0.2) is 66.1 Å². The first-order chi connectivity index (χ1) is 13.9. The van der Waals surface area contributed by atoms with Gasteiger partial charge in [0.15, 0.2) is 16.4 Å². The second kappa shape index (κ2) is 8.91. The molecular weight excluding hydrogens is 394 g/mol. The summed E-state index contributed by atoms with van der Waals surface area (Å²) in [4.78, 5) is 26.4. The molecule has 2 aromatic carbocycles. The van der Waals surface area contributed by atoms with Crippen molar-refractivity contribution in [3.8, 4) is 5.75 Å². The van der Waals surface area contributed by atoms with E-state index in [1.54, 1.807) is 24.3 Å². The third-order valence-corrected chi connectivity index (χ3v) is 5.86.